The average molecular weight is 338 g/mol. The quantitative estimate of drug-likeness (QED) is 0.610. The average Bonchev–Trinajstić information content (AvgIpc) is 2.65. The topological polar surface area (TPSA) is 32.3 Å². The minimum Gasteiger partial charge on any atom is -0.320 e. The minimum absolute atomic E-state index is 0.0291. The van der Waals surface area contributed by atoms with Crippen molar-refractivity contribution in [2.45, 2.75) is 52.5 Å². The Balaban J connectivity index is 1.98. The molecule has 0 unspecified atom stereocenters. The number of aryl methyl sites for hydroxylation is 1. The molecule has 2 aromatic rings. The van der Waals surface area contributed by atoms with E-state index in [2.05, 4.69) is 43.4 Å². The molecule has 0 aromatic heterocycles. The van der Waals surface area contributed by atoms with Gasteiger partial charge in [0.15, 0.2) is 0 Å². The van der Waals surface area contributed by atoms with Crippen LogP contribution in [0.1, 0.15) is 50.7 Å². The van der Waals surface area contributed by atoms with Gasteiger partial charge in [0.05, 0.1) is 0 Å². The summed E-state index contributed by atoms with van der Waals surface area (Å²) in [5.74, 6) is 0. The number of anilines is 1. The molecule has 1 N–H and O–H groups in total. The van der Waals surface area contributed by atoms with Gasteiger partial charge in [-0.2, -0.15) is 0 Å². The first-order valence-electron chi connectivity index (χ1n) is 9.41. The normalized spacial score (nSPS) is 10.5. The third-order valence-electron chi connectivity index (χ3n) is 4.31. The van der Waals surface area contributed by atoms with Gasteiger partial charge in [-0.1, -0.05) is 69.2 Å². The summed E-state index contributed by atoms with van der Waals surface area (Å²) in [4.78, 5) is 14.6. The lowest BCUT2D eigenvalue weighted by atomic mass is 10.1. The van der Waals surface area contributed by atoms with E-state index in [-0.39, 0.29) is 6.03 Å². The van der Waals surface area contributed by atoms with Crippen LogP contribution in [0.3, 0.4) is 0 Å². The maximum atomic E-state index is 12.7. The standard InChI is InChI=1S/C22H30N2O/c1-3-5-10-19-13-15-21(16-14-19)23-22(25)24(17-6-4-2)18-20-11-8-7-9-12-20/h7-9,11-16H,3-6,10,17-18H2,1-2H3,(H,23,25). The van der Waals surface area contributed by atoms with Gasteiger partial charge in [0.2, 0.25) is 0 Å². The minimum atomic E-state index is -0.0291. The van der Waals surface area contributed by atoms with Crippen LogP contribution in [0.25, 0.3) is 0 Å². The van der Waals surface area contributed by atoms with Gasteiger partial charge in [-0.15, -0.1) is 0 Å². The van der Waals surface area contributed by atoms with E-state index in [4.69, 9.17) is 0 Å². The van der Waals surface area contributed by atoms with Crippen LogP contribution < -0.4 is 5.32 Å². The fourth-order valence-electron chi connectivity index (χ4n) is 2.74. The highest BCUT2D eigenvalue weighted by Gasteiger charge is 2.13. The molecule has 2 amide bonds. The highest BCUT2D eigenvalue weighted by molar-refractivity contribution is 5.89. The second kappa shape index (κ2) is 10.5. The summed E-state index contributed by atoms with van der Waals surface area (Å²) in [6.45, 7) is 5.76. The third kappa shape index (κ3) is 6.61. The highest BCUT2D eigenvalue weighted by atomic mass is 16.2. The molecule has 0 aliphatic heterocycles. The number of unbranched alkanes of at least 4 members (excludes halogenated alkanes) is 2. The monoisotopic (exact) mass is 338 g/mol. The van der Waals surface area contributed by atoms with Crippen LogP contribution in [0.2, 0.25) is 0 Å². The number of urea groups is 1. The molecule has 25 heavy (non-hydrogen) atoms. The molecule has 0 saturated heterocycles. The lowest BCUT2D eigenvalue weighted by molar-refractivity contribution is 0.208. The van der Waals surface area contributed by atoms with Crippen LogP contribution in [0, 0.1) is 0 Å². The Hall–Kier alpha value is -2.29. The Kier molecular flexibility index (Phi) is 8.03. The van der Waals surface area contributed by atoms with E-state index in [9.17, 15) is 4.79 Å². The van der Waals surface area contributed by atoms with E-state index in [0.717, 1.165) is 37.1 Å². The molecule has 0 heterocycles. The molecule has 2 aromatic carbocycles. The number of nitrogens with zero attached hydrogens (tertiary/aromatic N) is 1. The zero-order chi connectivity index (χ0) is 17.9. The Labute approximate surface area is 152 Å². The molecular weight excluding hydrogens is 308 g/mol. The second-order valence-corrected chi connectivity index (χ2v) is 6.49. The zero-order valence-electron chi connectivity index (χ0n) is 15.5. The first-order valence-corrected chi connectivity index (χ1v) is 9.41. The third-order valence-corrected chi connectivity index (χ3v) is 4.31. The molecule has 0 bridgehead atoms. The van der Waals surface area contributed by atoms with Crippen molar-refractivity contribution in [3.63, 3.8) is 0 Å². The van der Waals surface area contributed by atoms with Crippen molar-refractivity contribution in [2.75, 3.05) is 11.9 Å². The lowest BCUT2D eigenvalue weighted by Gasteiger charge is -2.23. The Bertz CT molecular complexity index is 622. The highest BCUT2D eigenvalue weighted by Crippen LogP contribution is 2.14. The fraction of sp³-hybridized carbons (Fsp3) is 0.409. The molecule has 0 aliphatic rings. The summed E-state index contributed by atoms with van der Waals surface area (Å²) >= 11 is 0. The van der Waals surface area contributed by atoms with Gasteiger partial charge in [0.1, 0.15) is 0 Å². The molecule has 0 fully saturated rings. The number of rotatable bonds is 9. The number of nitrogens with one attached hydrogen (secondary N) is 1. The van der Waals surface area contributed by atoms with Crippen molar-refractivity contribution in [3.8, 4) is 0 Å². The van der Waals surface area contributed by atoms with E-state index < -0.39 is 0 Å². The smallest absolute Gasteiger partial charge is 0.320 e. The van der Waals surface area contributed by atoms with Crippen LogP contribution in [0.5, 0.6) is 0 Å². The van der Waals surface area contributed by atoms with E-state index in [1.807, 2.05) is 35.2 Å². The van der Waals surface area contributed by atoms with Crippen molar-refractivity contribution in [3.05, 3.63) is 65.7 Å². The molecule has 3 heteroatoms. The molecule has 3 nitrogen and oxygen atoms in total. The van der Waals surface area contributed by atoms with Gasteiger partial charge in [0, 0.05) is 18.8 Å². The van der Waals surface area contributed by atoms with Crippen molar-refractivity contribution < 1.29 is 4.79 Å². The summed E-state index contributed by atoms with van der Waals surface area (Å²) in [5.41, 5.74) is 3.34. The molecule has 0 aliphatic carbocycles. The molecule has 0 spiro atoms. The van der Waals surface area contributed by atoms with Crippen molar-refractivity contribution in [1.82, 2.24) is 4.90 Å². The lowest BCUT2D eigenvalue weighted by Crippen LogP contribution is -2.35. The van der Waals surface area contributed by atoms with E-state index in [1.165, 1.54) is 18.4 Å². The Morgan fingerprint density at radius 2 is 1.56 bits per heavy atom. The number of hydrogen-bond donors (Lipinski definition) is 1. The summed E-state index contributed by atoms with van der Waals surface area (Å²) < 4.78 is 0. The first kappa shape index (κ1) is 19.0. The molecule has 134 valence electrons. The molecule has 0 saturated carbocycles. The van der Waals surface area contributed by atoms with Crippen molar-refractivity contribution in [2.24, 2.45) is 0 Å². The van der Waals surface area contributed by atoms with Gasteiger partial charge in [-0.3, -0.25) is 0 Å². The van der Waals surface area contributed by atoms with Gasteiger partial charge in [0.25, 0.3) is 0 Å². The fourth-order valence-corrected chi connectivity index (χ4v) is 2.74. The van der Waals surface area contributed by atoms with Gasteiger partial charge < -0.3 is 10.2 Å². The number of benzene rings is 2. The summed E-state index contributed by atoms with van der Waals surface area (Å²) in [6, 6.07) is 18.4. The molecule has 0 radical (unpaired) electrons. The van der Waals surface area contributed by atoms with E-state index in [0.29, 0.717) is 6.54 Å². The maximum Gasteiger partial charge on any atom is 0.322 e. The summed E-state index contributed by atoms with van der Waals surface area (Å²) in [6.07, 6.45) is 5.58. The SMILES string of the molecule is CCCCc1ccc(NC(=O)N(CCCC)Cc2ccccc2)cc1. The first-order chi connectivity index (χ1) is 12.2. The Morgan fingerprint density at radius 3 is 2.20 bits per heavy atom. The van der Waals surface area contributed by atoms with Gasteiger partial charge in [-0.25, -0.2) is 4.79 Å². The van der Waals surface area contributed by atoms with Crippen LogP contribution in [-0.2, 0) is 13.0 Å². The van der Waals surface area contributed by atoms with Crippen LogP contribution in [-0.4, -0.2) is 17.5 Å². The van der Waals surface area contributed by atoms with Gasteiger partial charge >= 0.3 is 6.03 Å². The molecule has 2 rings (SSSR count). The Morgan fingerprint density at radius 1 is 0.880 bits per heavy atom. The zero-order valence-corrected chi connectivity index (χ0v) is 15.5. The van der Waals surface area contributed by atoms with Crippen LogP contribution in [0.4, 0.5) is 10.5 Å². The van der Waals surface area contributed by atoms with E-state index >= 15 is 0 Å². The largest absolute Gasteiger partial charge is 0.322 e. The number of amides is 2. The number of hydrogen-bond acceptors (Lipinski definition) is 1. The number of carbonyl (C=O) groups excluding carboxylic acids is 1. The summed E-state index contributed by atoms with van der Waals surface area (Å²) in [5, 5.41) is 3.04. The molecule has 0 atom stereocenters. The maximum absolute atomic E-state index is 12.7. The van der Waals surface area contributed by atoms with Crippen LogP contribution in [0.15, 0.2) is 54.6 Å². The predicted molar refractivity (Wildman–Crippen MR) is 106 cm³/mol. The second-order valence-electron chi connectivity index (χ2n) is 6.49. The van der Waals surface area contributed by atoms with Crippen molar-refractivity contribution in [1.29, 1.82) is 0 Å². The van der Waals surface area contributed by atoms with Gasteiger partial charge in [-0.05, 0) is 42.5 Å². The van der Waals surface area contributed by atoms with Crippen LogP contribution >= 0.6 is 0 Å². The molecular formula is C22H30N2O. The summed E-state index contributed by atoms with van der Waals surface area (Å²) in [7, 11) is 0. The number of carbonyl (C=O) groups is 1. The van der Waals surface area contributed by atoms with E-state index in [1.54, 1.807) is 0 Å². The predicted octanol–water partition coefficient (Wildman–Crippen LogP) is 5.86. The van der Waals surface area contributed by atoms with Crippen molar-refractivity contribution >= 4 is 11.7 Å².